The van der Waals surface area contributed by atoms with E-state index in [-0.39, 0.29) is 0 Å². The molecule has 0 aliphatic carbocycles. The molecule has 0 saturated carbocycles. The number of hydrogen-bond donors (Lipinski definition) is 1. The highest BCUT2D eigenvalue weighted by Gasteiger charge is 2.09. The third kappa shape index (κ3) is 7.37. The Morgan fingerprint density at radius 2 is 1.50 bits per heavy atom. The molecule has 0 heterocycles. The van der Waals surface area contributed by atoms with Crippen molar-refractivity contribution >= 4 is 0 Å². The summed E-state index contributed by atoms with van der Waals surface area (Å²) >= 11 is 0. The Labute approximate surface area is 90.5 Å². The van der Waals surface area contributed by atoms with Crippen LogP contribution in [0, 0.1) is 5.92 Å². The summed E-state index contributed by atoms with van der Waals surface area (Å²) in [5.74, 6) is 0.714. The van der Waals surface area contributed by atoms with Crippen LogP contribution in [0.15, 0.2) is 0 Å². The maximum atomic E-state index is 5.98. The third-order valence-electron chi connectivity index (χ3n) is 3.22. The van der Waals surface area contributed by atoms with Gasteiger partial charge in [-0.15, -0.1) is 0 Å². The Morgan fingerprint density at radius 3 is 2.07 bits per heavy atom. The van der Waals surface area contributed by atoms with E-state index in [1.165, 1.54) is 44.9 Å². The average molecular weight is 199 g/mol. The summed E-state index contributed by atoms with van der Waals surface area (Å²) in [6, 6.07) is 0.422. The number of unbranched alkanes of at least 4 members (excludes halogenated alkanes) is 5. The minimum absolute atomic E-state index is 0.422. The molecule has 2 atom stereocenters. The van der Waals surface area contributed by atoms with Gasteiger partial charge >= 0.3 is 0 Å². The Balaban J connectivity index is 3.18. The zero-order valence-electron chi connectivity index (χ0n) is 10.4. The lowest BCUT2D eigenvalue weighted by Gasteiger charge is -2.17. The van der Waals surface area contributed by atoms with Gasteiger partial charge in [-0.1, -0.05) is 59.3 Å². The van der Waals surface area contributed by atoms with Gasteiger partial charge in [0.15, 0.2) is 0 Å². The minimum atomic E-state index is 0.422. The molecule has 0 rings (SSSR count). The normalized spacial score (nSPS) is 15.4. The lowest BCUT2D eigenvalue weighted by atomic mass is 9.94. The molecular formula is C13H29N. The summed E-state index contributed by atoms with van der Waals surface area (Å²) in [5.41, 5.74) is 5.98. The van der Waals surface area contributed by atoms with Crippen molar-refractivity contribution in [3.63, 3.8) is 0 Å². The zero-order chi connectivity index (χ0) is 10.8. The molecule has 2 unspecified atom stereocenters. The molecular weight excluding hydrogens is 170 g/mol. The van der Waals surface area contributed by atoms with Crippen LogP contribution in [0.5, 0.6) is 0 Å². The number of rotatable bonds is 9. The summed E-state index contributed by atoms with van der Waals surface area (Å²) in [5, 5.41) is 0. The van der Waals surface area contributed by atoms with E-state index in [0.717, 1.165) is 6.42 Å². The quantitative estimate of drug-likeness (QED) is 0.556. The molecule has 0 aromatic carbocycles. The maximum Gasteiger partial charge on any atom is 0.00619 e. The van der Waals surface area contributed by atoms with Crippen molar-refractivity contribution in [1.29, 1.82) is 0 Å². The maximum absolute atomic E-state index is 5.98. The van der Waals surface area contributed by atoms with Crippen molar-refractivity contribution in [1.82, 2.24) is 0 Å². The van der Waals surface area contributed by atoms with Crippen LogP contribution in [-0.2, 0) is 0 Å². The molecule has 1 nitrogen and oxygen atoms in total. The van der Waals surface area contributed by atoms with E-state index in [9.17, 15) is 0 Å². The van der Waals surface area contributed by atoms with Crippen molar-refractivity contribution in [2.24, 2.45) is 11.7 Å². The molecule has 86 valence electrons. The van der Waals surface area contributed by atoms with Crippen LogP contribution in [0.2, 0.25) is 0 Å². The number of hydrogen-bond acceptors (Lipinski definition) is 1. The second kappa shape index (κ2) is 9.51. The third-order valence-corrected chi connectivity index (χ3v) is 3.22. The molecule has 0 aliphatic rings. The average Bonchev–Trinajstić information content (AvgIpc) is 2.21. The highest BCUT2D eigenvalue weighted by atomic mass is 14.6. The number of nitrogens with two attached hydrogens (primary N) is 1. The molecule has 0 saturated heterocycles. The van der Waals surface area contributed by atoms with Gasteiger partial charge in [0.05, 0.1) is 0 Å². The van der Waals surface area contributed by atoms with Crippen molar-refractivity contribution in [2.75, 3.05) is 0 Å². The van der Waals surface area contributed by atoms with Crippen LogP contribution in [-0.4, -0.2) is 6.04 Å². The van der Waals surface area contributed by atoms with Crippen molar-refractivity contribution in [3.8, 4) is 0 Å². The van der Waals surface area contributed by atoms with Crippen LogP contribution in [0.3, 0.4) is 0 Å². The van der Waals surface area contributed by atoms with E-state index in [0.29, 0.717) is 12.0 Å². The lowest BCUT2D eigenvalue weighted by Crippen LogP contribution is -2.27. The molecule has 0 aliphatic heterocycles. The van der Waals surface area contributed by atoms with E-state index >= 15 is 0 Å². The fourth-order valence-corrected chi connectivity index (χ4v) is 1.86. The summed E-state index contributed by atoms with van der Waals surface area (Å²) in [7, 11) is 0. The first-order chi connectivity index (χ1) is 6.72. The second-order valence-corrected chi connectivity index (χ2v) is 4.61. The monoisotopic (exact) mass is 199 g/mol. The molecule has 0 amide bonds. The summed E-state index contributed by atoms with van der Waals surface area (Å²) in [4.78, 5) is 0. The molecule has 0 bridgehead atoms. The van der Waals surface area contributed by atoms with Gasteiger partial charge in [0.2, 0.25) is 0 Å². The fraction of sp³-hybridized carbons (Fsp3) is 1.00. The van der Waals surface area contributed by atoms with E-state index in [2.05, 4.69) is 20.8 Å². The predicted molar refractivity (Wildman–Crippen MR) is 65.4 cm³/mol. The van der Waals surface area contributed by atoms with E-state index in [1.807, 2.05) is 0 Å². The van der Waals surface area contributed by atoms with Gasteiger partial charge < -0.3 is 5.73 Å². The van der Waals surface area contributed by atoms with Gasteiger partial charge in [0.25, 0.3) is 0 Å². The molecule has 1 heteroatoms. The molecule has 14 heavy (non-hydrogen) atoms. The topological polar surface area (TPSA) is 26.0 Å². The van der Waals surface area contributed by atoms with Gasteiger partial charge in [-0.3, -0.25) is 0 Å². The van der Waals surface area contributed by atoms with Crippen LogP contribution in [0.4, 0.5) is 0 Å². The van der Waals surface area contributed by atoms with Crippen LogP contribution in [0.1, 0.15) is 72.1 Å². The molecule has 0 radical (unpaired) electrons. The van der Waals surface area contributed by atoms with Gasteiger partial charge in [-0.2, -0.15) is 0 Å². The SMILES string of the molecule is CCCCCCCCC(C)C(N)CC. The Kier molecular flexibility index (Phi) is 9.49. The Morgan fingerprint density at radius 1 is 0.929 bits per heavy atom. The lowest BCUT2D eigenvalue weighted by molar-refractivity contribution is 0.397. The summed E-state index contributed by atoms with van der Waals surface area (Å²) in [6.45, 7) is 6.74. The van der Waals surface area contributed by atoms with Crippen LogP contribution in [0.25, 0.3) is 0 Å². The van der Waals surface area contributed by atoms with Crippen LogP contribution < -0.4 is 5.73 Å². The second-order valence-electron chi connectivity index (χ2n) is 4.61. The highest BCUT2D eigenvalue weighted by molar-refractivity contribution is 4.66. The smallest absolute Gasteiger partial charge is 0.00619 e. The highest BCUT2D eigenvalue weighted by Crippen LogP contribution is 2.15. The Hall–Kier alpha value is -0.0400. The van der Waals surface area contributed by atoms with Crippen molar-refractivity contribution < 1.29 is 0 Å². The summed E-state index contributed by atoms with van der Waals surface area (Å²) < 4.78 is 0. The van der Waals surface area contributed by atoms with Crippen molar-refractivity contribution in [2.45, 2.75) is 78.2 Å². The molecule has 0 spiro atoms. The van der Waals surface area contributed by atoms with E-state index in [1.54, 1.807) is 0 Å². The standard InChI is InChI=1S/C13H29N/c1-4-6-7-8-9-10-11-12(3)13(14)5-2/h12-13H,4-11,14H2,1-3H3. The van der Waals surface area contributed by atoms with Crippen molar-refractivity contribution in [3.05, 3.63) is 0 Å². The molecule has 2 N–H and O–H groups in total. The Bertz CT molecular complexity index is 112. The fourth-order valence-electron chi connectivity index (χ4n) is 1.86. The first kappa shape index (κ1) is 14.0. The molecule has 0 fully saturated rings. The van der Waals surface area contributed by atoms with E-state index < -0.39 is 0 Å². The van der Waals surface area contributed by atoms with Gasteiger partial charge in [0.1, 0.15) is 0 Å². The minimum Gasteiger partial charge on any atom is -0.327 e. The predicted octanol–water partition coefficient (Wildman–Crippen LogP) is 4.11. The zero-order valence-corrected chi connectivity index (χ0v) is 10.4. The molecule has 0 aromatic heterocycles. The van der Waals surface area contributed by atoms with Gasteiger partial charge in [-0.25, -0.2) is 0 Å². The van der Waals surface area contributed by atoms with E-state index in [4.69, 9.17) is 5.73 Å². The first-order valence-corrected chi connectivity index (χ1v) is 6.47. The van der Waals surface area contributed by atoms with Gasteiger partial charge in [-0.05, 0) is 18.8 Å². The largest absolute Gasteiger partial charge is 0.327 e. The summed E-state index contributed by atoms with van der Waals surface area (Å²) in [6.07, 6.45) is 10.8. The molecule has 0 aromatic rings. The van der Waals surface area contributed by atoms with Crippen LogP contribution >= 0.6 is 0 Å². The first-order valence-electron chi connectivity index (χ1n) is 6.47. The van der Waals surface area contributed by atoms with Gasteiger partial charge in [0, 0.05) is 6.04 Å².